The third kappa shape index (κ3) is 20.6. The number of hydrogen-bond acceptors (Lipinski definition) is 11. The molecule has 0 aliphatic carbocycles. The van der Waals surface area contributed by atoms with Crippen LogP contribution in [0.15, 0.2) is 164 Å². The van der Waals surface area contributed by atoms with Gasteiger partial charge in [-0.15, -0.1) is 0 Å². The van der Waals surface area contributed by atoms with Gasteiger partial charge < -0.3 is 29.9 Å². The van der Waals surface area contributed by atoms with Crippen LogP contribution in [0.4, 0.5) is 0 Å². The topological polar surface area (TPSA) is 213 Å². The molecule has 6 aromatic rings. The van der Waals surface area contributed by atoms with Crippen LogP contribution in [0.2, 0.25) is 0 Å². The fourth-order valence-electron chi connectivity index (χ4n) is 12.1. The molecule has 18 heteroatoms. The van der Waals surface area contributed by atoms with E-state index < -0.39 is 91.9 Å². The van der Waals surface area contributed by atoms with E-state index in [1.807, 2.05) is 123 Å². The van der Waals surface area contributed by atoms with Crippen LogP contribution in [0.1, 0.15) is 145 Å². The number of methoxy groups -OCH3 is 1. The summed E-state index contributed by atoms with van der Waals surface area (Å²) in [6.45, 7) is 9.78. The van der Waals surface area contributed by atoms with Gasteiger partial charge in [0.2, 0.25) is 24.0 Å². The number of hydrogen-bond donors (Lipinski definition) is 3. The van der Waals surface area contributed by atoms with Gasteiger partial charge in [0.15, 0.2) is 11.6 Å². The zero-order valence-corrected chi connectivity index (χ0v) is 54.2. The van der Waals surface area contributed by atoms with Crippen LogP contribution in [-0.2, 0) is 90.0 Å². The molecular weight excluding hydrogens is 1160 g/mol. The van der Waals surface area contributed by atoms with Crippen LogP contribution in [0.25, 0.3) is 0 Å². The van der Waals surface area contributed by atoms with Crippen LogP contribution in [-0.4, -0.2) is 94.1 Å². The molecule has 1 fully saturated rings. The number of ether oxygens (including phenoxy) is 2. The zero-order chi connectivity index (χ0) is 64.5. The predicted molar refractivity (Wildman–Crippen MR) is 345 cm³/mol. The molecule has 0 spiro atoms. The molecule has 90 heavy (non-hydrogen) atoms. The molecule has 1 aliphatic rings. The number of aryl methyl sites for hydroxylation is 3. The van der Waals surface area contributed by atoms with Gasteiger partial charge >= 0.3 is 13.8 Å². The number of aromatic nitrogens is 2. The molecule has 3 N–H and O–H groups in total. The number of ketones is 2. The summed E-state index contributed by atoms with van der Waals surface area (Å²) in [6, 6.07) is 44.4. The van der Waals surface area contributed by atoms with Gasteiger partial charge in [-0.25, -0.2) is 13.7 Å². The van der Waals surface area contributed by atoms with E-state index in [1.165, 1.54) is 24.3 Å². The van der Waals surface area contributed by atoms with Crippen molar-refractivity contribution in [3.8, 4) is 0 Å². The largest absolute Gasteiger partial charge is 0.472 e. The van der Waals surface area contributed by atoms with Crippen LogP contribution >= 0.6 is 7.82 Å². The Bertz CT molecular complexity index is 3160. The third-order valence-electron chi connectivity index (χ3n) is 16.8. The number of benzene rings is 5. The molecule has 2 heterocycles. The van der Waals surface area contributed by atoms with E-state index in [9.17, 15) is 23.8 Å². The summed E-state index contributed by atoms with van der Waals surface area (Å²) in [5.74, 6) is -6.05. The second kappa shape index (κ2) is 35.3. The van der Waals surface area contributed by atoms with Gasteiger partial charge in [-0.05, 0) is 92.0 Å². The van der Waals surface area contributed by atoms with Gasteiger partial charge in [0, 0.05) is 32.7 Å². The maximum atomic E-state index is 15.8. The van der Waals surface area contributed by atoms with Gasteiger partial charge in [-0.1, -0.05) is 192 Å². The van der Waals surface area contributed by atoms with E-state index in [-0.39, 0.29) is 37.7 Å². The lowest BCUT2D eigenvalue weighted by atomic mass is 9.80. The van der Waals surface area contributed by atoms with Crippen molar-refractivity contribution in [3.63, 3.8) is 0 Å². The second-order valence-corrected chi connectivity index (χ2v) is 25.6. The molecule has 5 aromatic carbocycles. The number of nitrogens with zero attached hydrogens (tertiary/aromatic N) is 3. The molecule has 1 saturated heterocycles. The summed E-state index contributed by atoms with van der Waals surface area (Å²) >= 11 is 0. The average Bonchev–Trinajstić information content (AvgIpc) is 1.15. The van der Waals surface area contributed by atoms with Crippen LogP contribution in [0, 0.1) is 17.8 Å². The van der Waals surface area contributed by atoms with Crippen LogP contribution in [0.5, 0.6) is 0 Å². The minimum absolute atomic E-state index is 0.0596. The maximum Gasteiger partial charge on any atom is 0.472 e. The number of rotatable bonds is 38. The molecule has 0 bridgehead atoms. The van der Waals surface area contributed by atoms with Crippen molar-refractivity contribution in [2.75, 3.05) is 20.3 Å². The Morgan fingerprint density at radius 2 is 1.26 bits per heavy atom. The quantitative estimate of drug-likeness (QED) is 0.0109. The normalized spacial score (nSPS) is 15.7. The fraction of sp³-hybridized carbons (Fsp3) is 0.458. The van der Waals surface area contributed by atoms with Gasteiger partial charge in [0.05, 0.1) is 57.4 Å². The van der Waals surface area contributed by atoms with E-state index in [2.05, 4.69) is 51.0 Å². The van der Waals surface area contributed by atoms with Crippen LogP contribution in [0.3, 0.4) is 0 Å². The predicted octanol–water partition coefficient (Wildman–Crippen LogP) is 11.4. The van der Waals surface area contributed by atoms with E-state index in [0.717, 1.165) is 64.2 Å². The molecule has 1 aromatic heterocycles. The SMILES string of the molecule is CCC[n+]1cc(C[C@H](CC(=O)[C@@H](CC(C)C)NC(=O)[C@@H]2CCCN2C(C)=O)C(=O)N[C@@H](COC(c2ccccc2)(c2ccccc2)c2ccccc2)C(=O)C[C@H](C(=O)OC)[C@@H](C)OP(=O)(O)OCc2ccccc2)n(CCCCCCCCc2ccccc2)c1. The van der Waals surface area contributed by atoms with Crippen molar-refractivity contribution in [1.29, 1.82) is 0 Å². The minimum atomic E-state index is -4.87. The van der Waals surface area contributed by atoms with Crippen molar-refractivity contribution in [1.82, 2.24) is 20.1 Å². The summed E-state index contributed by atoms with van der Waals surface area (Å²) in [4.78, 5) is 99.7. The van der Waals surface area contributed by atoms with Crippen molar-refractivity contribution >= 4 is 43.1 Å². The Morgan fingerprint density at radius 1 is 0.711 bits per heavy atom. The second-order valence-electron chi connectivity index (χ2n) is 24.1. The van der Waals surface area contributed by atoms with Gasteiger partial charge in [0.25, 0.3) is 0 Å². The Kier molecular flexibility index (Phi) is 27.5. The van der Waals surface area contributed by atoms with Crippen molar-refractivity contribution in [2.45, 2.75) is 174 Å². The Hall–Kier alpha value is -7.40. The summed E-state index contributed by atoms with van der Waals surface area (Å²) in [5.41, 5.74) is 3.45. The molecule has 0 radical (unpaired) electrons. The molecule has 3 amide bonds. The van der Waals surface area contributed by atoms with Crippen molar-refractivity contribution in [3.05, 3.63) is 198 Å². The average molecular weight is 1250 g/mol. The number of unbranched alkanes of at least 4 members (excludes halogenated alkanes) is 5. The molecular formula is C72H93N5O12P+. The van der Waals surface area contributed by atoms with Crippen molar-refractivity contribution in [2.24, 2.45) is 17.8 Å². The number of amides is 3. The van der Waals surface area contributed by atoms with Gasteiger partial charge in [0.1, 0.15) is 29.6 Å². The highest BCUT2D eigenvalue weighted by Gasteiger charge is 2.43. The number of carbonyl (C=O) groups excluding carboxylic acids is 6. The van der Waals surface area contributed by atoms with E-state index >= 15 is 14.4 Å². The highest BCUT2D eigenvalue weighted by molar-refractivity contribution is 7.47. The standard InChI is InChI=1S/C72H92N5O12P/c1-7-42-75-49-62(76(52-75)43-28-11-9-8-10-17-30-56-31-18-12-19-32-56)46-58(47-67(79)64(45-53(2)3)73-70(82)66-41-29-44-77(66)55(5)78)69(81)74-65(68(80)48-63(71(83)86-6)54(4)89-90(84,85)88-50-57-33-20-13-21-34-57)51-87-72(59-35-22-14-23-36-59,60-37-24-15-25-38-60)61-39-26-16-27-40-61/h12-16,18-27,31-40,49,52-54,58,63-66H,7-11,17,28-30,41-48,50-51H2,1-6H3,(H2-,73,74,81,82,84,85)/p+1/t54-,58-,63+,64-,65+,66+/m1/s1. The highest BCUT2D eigenvalue weighted by atomic mass is 31.2. The highest BCUT2D eigenvalue weighted by Crippen LogP contribution is 2.47. The Labute approximate surface area is 531 Å². The lowest BCUT2D eigenvalue weighted by molar-refractivity contribution is -0.696. The summed E-state index contributed by atoms with van der Waals surface area (Å²) in [6.07, 6.45) is 11.2. The third-order valence-corrected chi connectivity index (χ3v) is 17.9. The summed E-state index contributed by atoms with van der Waals surface area (Å²) < 4.78 is 41.2. The van der Waals surface area contributed by atoms with Crippen molar-refractivity contribution < 1.29 is 61.3 Å². The lowest BCUT2D eigenvalue weighted by Gasteiger charge is -2.37. The lowest BCUT2D eigenvalue weighted by Crippen LogP contribution is -2.52. The Balaban J connectivity index is 1.24. The zero-order valence-electron chi connectivity index (χ0n) is 53.3. The number of carbonyl (C=O) groups is 6. The van der Waals surface area contributed by atoms with E-state index in [0.29, 0.717) is 54.7 Å². The van der Waals surface area contributed by atoms with E-state index in [4.69, 9.17) is 18.5 Å². The molecule has 0 saturated carbocycles. The first-order chi connectivity index (χ1) is 43.4. The molecule has 1 unspecified atom stereocenters. The monoisotopic (exact) mass is 1250 g/mol. The number of likely N-dealkylation sites (tertiary alicyclic amines) is 1. The maximum absolute atomic E-state index is 15.8. The first-order valence-electron chi connectivity index (χ1n) is 32.0. The smallest absolute Gasteiger partial charge is 0.469 e. The summed E-state index contributed by atoms with van der Waals surface area (Å²) in [7, 11) is -3.74. The molecule has 17 nitrogen and oxygen atoms in total. The molecule has 7 rings (SSSR count). The minimum Gasteiger partial charge on any atom is -0.469 e. The molecule has 1 aliphatic heterocycles. The fourth-order valence-corrected chi connectivity index (χ4v) is 13.0. The molecule has 7 atom stereocenters. The molecule has 482 valence electrons. The van der Waals surface area contributed by atoms with E-state index in [1.54, 1.807) is 30.3 Å². The van der Waals surface area contributed by atoms with Gasteiger partial charge in [-0.3, -0.25) is 37.8 Å². The van der Waals surface area contributed by atoms with Gasteiger partial charge in [-0.2, -0.15) is 0 Å². The first-order valence-corrected chi connectivity index (χ1v) is 33.5. The number of nitrogens with one attached hydrogen (secondary N) is 2. The number of phosphoric ester groups is 1. The number of Topliss-reactive ketones (excluding diaryl/α,β-unsaturated/α-hetero) is 2. The van der Waals surface area contributed by atoms with Crippen LogP contribution < -0.4 is 15.2 Å². The summed E-state index contributed by atoms with van der Waals surface area (Å²) in [5, 5.41) is 6.04. The Morgan fingerprint density at radius 3 is 1.81 bits per heavy atom. The number of phosphoric acid groups is 1. The number of imidazole rings is 1. The first kappa shape index (κ1) is 70.1. The number of esters is 1.